The summed E-state index contributed by atoms with van der Waals surface area (Å²) >= 11 is 0. The molecule has 0 saturated heterocycles. The van der Waals surface area contributed by atoms with Crippen LogP contribution in [0.1, 0.15) is 12.8 Å². The highest BCUT2D eigenvalue weighted by atomic mass is 16.2. The molecule has 1 aliphatic carbocycles. The molecule has 0 aromatic carbocycles. The van der Waals surface area contributed by atoms with Crippen LogP contribution in [0.5, 0.6) is 0 Å². The lowest BCUT2D eigenvalue weighted by atomic mass is 10.4. The lowest BCUT2D eigenvalue weighted by Crippen LogP contribution is -1.86. The molecule has 1 N–H and O–H groups in total. The van der Waals surface area contributed by atoms with Gasteiger partial charge in [0.2, 0.25) is 0 Å². The first-order valence-corrected chi connectivity index (χ1v) is 3.02. The molecule has 0 aliphatic heterocycles. The van der Waals surface area contributed by atoms with E-state index in [-0.39, 0.29) is 6.61 Å². The van der Waals surface area contributed by atoms with E-state index in [0.717, 1.165) is 12.5 Å². The van der Waals surface area contributed by atoms with E-state index in [2.05, 4.69) is 4.99 Å². The van der Waals surface area contributed by atoms with Crippen LogP contribution in [0.3, 0.4) is 0 Å². The van der Waals surface area contributed by atoms with Crippen molar-refractivity contribution in [2.24, 2.45) is 10.9 Å². The second kappa shape index (κ2) is 2.82. The molecule has 1 fully saturated rings. The van der Waals surface area contributed by atoms with Crippen molar-refractivity contribution < 1.29 is 5.11 Å². The van der Waals surface area contributed by atoms with Crippen molar-refractivity contribution in [2.45, 2.75) is 12.8 Å². The minimum absolute atomic E-state index is 0.0900. The zero-order valence-electron chi connectivity index (χ0n) is 4.88. The Labute approximate surface area is 49.2 Å². The van der Waals surface area contributed by atoms with Crippen LogP contribution in [0.2, 0.25) is 0 Å². The van der Waals surface area contributed by atoms with E-state index in [1.165, 1.54) is 12.8 Å². The van der Waals surface area contributed by atoms with Gasteiger partial charge in [-0.15, -0.1) is 0 Å². The molecule has 0 atom stereocenters. The zero-order valence-corrected chi connectivity index (χ0v) is 4.88. The van der Waals surface area contributed by atoms with E-state index in [4.69, 9.17) is 5.11 Å². The fraction of sp³-hybridized carbons (Fsp3) is 0.833. The monoisotopic (exact) mass is 113 g/mol. The second-order valence-corrected chi connectivity index (χ2v) is 2.17. The minimum atomic E-state index is 0.0900. The molecule has 0 aromatic rings. The van der Waals surface area contributed by atoms with E-state index < -0.39 is 0 Å². The normalized spacial score (nSPS) is 20.1. The summed E-state index contributed by atoms with van der Waals surface area (Å²) in [6, 6.07) is 0. The standard InChI is InChI=1S/C6H11NO/c8-4-3-7-5-6-1-2-6/h3,6,8H,1-2,4-5H2. The average molecular weight is 113 g/mol. The highest BCUT2D eigenvalue weighted by Gasteiger charge is 2.19. The molecule has 0 bridgehead atoms. The van der Waals surface area contributed by atoms with Crippen LogP contribution in [0.25, 0.3) is 0 Å². The number of hydrogen-bond donors (Lipinski definition) is 1. The van der Waals surface area contributed by atoms with Crippen LogP contribution in [0.15, 0.2) is 4.99 Å². The molecule has 8 heavy (non-hydrogen) atoms. The Morgan fingerprint density at radius 2 is 2.38 bits per heavy atom. The molecule has 0 unspecified atom stereocenters. The summed E-state index contributed by atoms with van der Waals surface area (Å²) in [6.45, 7) is 1.02. The summed E-state index contributed by atoms with van der Waals surface area (Å²) in [5.41, 5.74) is 0. The first kappa shape index (κ1) is 5.76. The molecule has 2 nitrogen and oxygen atoms in total. The minimum Gasteiger partial charge on any atom is -0.391 e. The van der Waals surface area contributed by atoms with Gasteiger partial charge in [-0.25, -0.2) is 0 Å². The Morgan fingerprint density at radius 1 is 1.62 bits per heavy atom. The Hall–Kier alpha value is -0.370. The third-order valence-corrected chi connectivity index (χ3v) is 1.27. The van der Waals surface area contributed by atoms with E-state index in [1.807, 2.05) is 0 Å². The van der Waals surface area contributed by atoms with E-state index in [0.29, 0.717) is 0 Å². The van der Waals surface area contributed by atoms with Crippen molar-refractivity contribution in [3.63, 3.8) is 0 Å². The fourth-order valence-corrected chi connectivity index (χ4v) is 0.582. The lowest BCUT2D eigenvalue weighted by molar-refractivity contribution is 0.361. The first-order chi connectivity index (χ1) is 3.93. The molecule has 1 saturated carbocycles. The molecule has 2 heteroatoms. The summed E-state index contributed by atoms with van der Waals surface area (Å²) < 4.78 is 0. The van der Waals surface area contributed by atoms with Gasteiger partial charge >= 0.3 is 0 Å². The average Bonchev–Trinajstić information content (AvgIpc) is 2.51. The second-order valence-electron chi connectivity index (χ2n) is 2.17. The van der Waals surface area contributed by atoms with Crippen molar-refractivity contribution in [3.05, 3.63) is 0 Å². The highest BCUT2D eigenvalue weighted by Crippen LogP contribution is 2.28. The van der Waals surface area contributed by atoms with Crippen LogP contribution < -0.4 is 0 Å². The van der Waals surface area contributed by atoms with Crippen molar-refractivity contribution in [2.75, 3.05) is 13.2 Å². The van der Waals surface area contributed by atoms with Gasteiger partial charge in [0.25, 0.3) is 0 Å². The van der Waals surface area contributed by atoms with Gasteiger partial charge in [0.05, 0.1) is 6.61 Å². The number of aliphatic imine (C=N–C) groups is 1. The van der Waals surface area contributed by atoms with Gasteiger partial charge in [0.15, 0.2) is 0 Å². The van der Waals surface area contributed by atoms with Crippen LogP contribution >= 0.6 is 0 Å². The highest BCUT2D eigenvalue weighted by molar-refractivity contribution is 5.57. The molecule has 0 radical (unpaired) electrons. The van der Waals surface area contributed by atoms with E-state index in [1.54, 1.807) is 6.21 Å². The smallest absolute Gasteiger partial charge is 0.0779 e. The number of hydrogen-bond acceptors (Lipinski definition) is 2. The number of rotatable bonds is 3. The van der Waals surface area contributed by atoms with E-state index in [9.17, 15) is 0 Å². The fourth-order valence-electron chi connectivity index (χ4n) is 0.582. The van der Waals surface area contributed by atoms with Crippen LogP contribution in [0.4, 0.5) is 0 Å². The summed E-state index contributed by atoms with van der Waals surface area (Å²) in [5, 5.41) is 8.25. The van der Waals surface area contributed by atoms with Gasteiger partial charge in [0, 0.05) is 12.8 Å². The molecular weight excluding hydrogens is 102 g/mol. The predicted octanol–water partition coefficient (Wildman–Crippen LogP) is 0.460. The van der Waals surface area contributed by atoms with Crippen molar-refractivity contribution in [1.29, 1.82) is 0 Å². The summed E-state index contributed by atoms with van der Waals surface area (Å²) in [5.74, 6) is 0.845. The summed E-state index contributed by atoms with van der Waals surface area (Å²) in [4.78, 5) is 3.98. The molecular formula is C6H11NO. The van der Waals surface area contributed by atoms with Gasteiger partial charge in [-0.3, -0.25) is 4.99 Å². The maximum Gasteiger partial charge on any atom is 0.0779 e. The summed E-state index contributed by atoms with van der Waals surface area (Å²) in [7, 11) is 0. The van der Waals surface area contributed by atoms with Crippen molar-refractivity contribution in [3.8, 4) is 0 Å². The SMILES string of the molecule is OCC=NCC1CC1. The van der Waals surface area contributed by atoms with Gasteiger partial charge < -0.3 is 5.11 Å². The van der Waals surface area contributed by atoms with Gasteiger partial charge in [-0.2, -0.15) is 0 Å². The number of nitrogens with zero attached hydrogens (tertiary/aromatic N) is 1. The molecule has 0 aromatic heterocycles. The maximum atomic E-state index is 8.25. The van der Waals surface area contributed by atoms with Gasteiger partial charge in [-0.1, -0.05) is 0 Å². The quantitative estimate of drug-likeness (QED) is 0.530. The van der Waals surface area contributed by atoms with Crippen LogP contribution in [-0.4, -0.2) is 24.5 Å². The lowest BCUT2D eigenvalue weighted by Gasteiger charge is -1.83. The summed E-state index contributed by atoms with van der Waals surface area (Å²) in [6.07, 6.45) is 4.24. The third-order valence-electron chi connectivity index (χ3n) is 1.27. The Kier molecular flexibility index (Phi) is 2.03. The molecule has 0 spiro atoms. The number of aliphatic hydroxyl groups is 1. The molecule has 46 valence electrons. The zero-order chi connectivity index (χ0) is 5.82. The van der Waals surface area contributed by atoms with Gasteiger partial charge in [-0.05, 0) is 18.8 Å². The Balaban J connectivity index is 1.93. The first-order valence-electron chi connectivity index (χ1n) is 3.02. The van der Waals surface area contributed by atoms with Crippen molar-refractivity contribution in [1.82, 2.24) is 0 Å². The molecule has 1 aliphatic rings. The molecule has 0 amide bonds. The third kappa shape index (κ3) is 2.07. The van der Waals surface area contributed by atoms with Crippen LogP contribution in [-0.2, 0) is 0 Å². The van der Waals surface area contributed by atoms with Gasteiger partial charge in [0.1, 0.15) is 0 Å². The van der Waals surface area contributed by atoms with Crippen molar-refractivity contribution >= 4 is 6.21 Å². The topological polar surface area (TPSA) is 32.6 Å². The predicted molar refractivity (Wildman–Crippen MR) is 33.2 cm³/mol. The van der Waals surface area contributed by atoms with E-state index >= 15 is 0 Å². The largest absolute Gasteiger partial charge is 0.391 e. The van der Waals surface area contributed by atoms with Crippen LogP contribution in [0, 0.1) is 5.92 Å². The Morgan fingerprint density at radius 3 is 2.88 bits per heavy atom. The number of aliphatic hydroxyl groups excluding tert-OH is 1. The maximum absolute atomic E-state index is 8.25. The molecule has 1 rings (SSSR count). The molecule has 0 heterocycles. The Bertz CT molecular complexity index is 86.5.